The van der Waals surface area contributed by atoms with E-state index >= 15 is 0 Å². The van der Waals surface area contributed by atoms with Gasteiger partial charge in [-0.3, -0.25) is 4.79 Å². The number of hydrogen-bond donors (Lipinski definition) is 3. The summed E-state index contributed by atoms with van der Waals surface area (Å²) in [4.78, 5) is 25.6. The van der Waals surface area contributed by atoms with Crippen LogP contribution in [0.3, 0.4) is 0 Å². The SMILES string of the molecule is CC1C2CC(S(=O)(=O)c3cc(C(=O)Nc4ccc(F)c(F)c4)ccc3Cl)CC1C2(O)C(O)CN1CCOC1=O. The Balaban J connectivity index is 1.34. The average Bonchev–Trinajstić information content (AvgIpc) is 3.30. The summed E-state index contributed by atoms with van der Waals surface area (Å²) in [5.41, 5.74) is -1.62. The van der Waals surface area contributed by atoms with Crippen molar-refractivity contribution in [2.24, 2.45) is 17.8 Å². The fourth-order valence-electron chi connectivity index (χ4n) is 6.26. The summed E-state index contributed by atoms with van der Waals surface area (Å²) in [7, 11) is -4.07. The highest BCUT2D eigenvalue weighted by atomic mass is 35.5. The second-order valence-corrected chi connectivity index (χ2v) is 13.0. The van der Waals surface area contributed by atoms with Gasteiger partial charge in [0, 0.05) is 17.3 Å². The number of aliphatic hydroxyl groups is 2. The first-order valence-electron chi connectivity index (χ1n) is 12.5. The number of rotatable bonds is 7. The number of carbonyl (C=O) groups excluding carboxylic acids is 2. The number of nitrogens with zero attached hydrogens (tertiary/aromatic N) is 1. The summed E-state index contributed by atoms with van der Waals surface area (Å²) in [6.45, 7) is 2.27. The lowest BCUT2D eigenvalue weighted by atomic mass is 9.46. The lowest BCUT2D eigenvalue weighted by Gasteiger charge is -2.64. The molecule has 210 valence electrons. The highest BCUT2D eigenvalue weighted by molar-refractivity contribution is 7.92. The smallest absolute Gasteiger partial charge is 0.410 e. The van der Waals surface area contributed by atoms with Crippen molar-refractivity contribution in [1.82, 2.24) is 4.90 Å². The molecule has 39 heavy (non-hydrogen) atoms. The minimum absolute atomic E-state index is 0.0142. The number of hydrogen-bond acceptors (Lipinski definition) is 7. The van der Waals surface area contributed by atoms with Crippen LogP contribution in [0.15, 0.2) is 41.3 Å². The highest BCUT2D eigenvalue weighted by Gasteiger charge is 2.67. The van der Waals surface area contributed by atoms with Crippen LogP contribution >= 0.6 is 11.6 Å². The number of fused-ring (bicyclic) bond motifs is 2. The predicted molar refractivity (Wildman–Crippen MR) is 136 cm³/mol. The summed E-state index contributed by atoms with van der Waals surface area (Å²) in [6, 6.07) is 6.55. The zero-order chi connectivity index (χ0) is 28.3. The van der Waals surface area contributed by atoms with Gasteiger partial charge in [0.25, 0.3) is 5.91 Å². The van der Waals surface area contributed by atoms with E-state index < -0.39 is 62.3 Å². The molecule has 3 N–H and O–H groups in total. The van der Waals surface area contributed by atoms with Gasteiger partial charge in [-0.2, -0.15) is 0 Å². The Morgan fingerprint density at radius 2 is 1.90 bits per heavy atom. The van der Waals surface area contributed by atoms with Crippen LogP contribution in [0, 0.1) is 29.4 Å². The molecule has 0 spiro atoms. The Bertz CT molecular complexity index is 1430. The van der Waals surface area contributed by atoms with Crippen molar-refractivity contribution in [3.63, 3.8) is 0 Å². The Hall–Kier alpha value is -2.80. The van der Waals surface area contributed by atoms with Crippen molar-refractivity contribution in [2.45, 2.75) is 41.6 Å². The number of aliphatic hydroxyl groups excluding tert-OH is 1. The number of sulfone groups is 1. The van der Waals surface area contributed by atoms with Crippen LogP contribution in [0.25, 0.3) is 0 Å². The van der Waals surface area contributed by atoms with E-state index in [4.69, 9.17) is 16.3 Å². The quantitative estimate of drug-likeness (QED) is 0.455. The molecule has 6 rings (SSSR count). The van der Waals surface area contributed by atoms with Gasteiger partial charge in [0.1, 0.15) is 12.7 Å². The summed E-state index contributed by atoms with van der Waals surface area (Å²) < 4.78 is 59.0. The first-order valence-corrected chi connectivity index (χ1v) is 14.4. The molecule has 0 aromatic heterocycles. The molecule has 1 aliphatic heterocycles. The third-order valence-corrected chi connectivity index (χ3v) is 11.0. The first-order chi connectivity index (χ1) is 18.3. The third kappa shape index (κ3) is 4.66. The lowest BCUT2D eigenvalue weighted by Crippen LogP contribution is -2.73. The van der Waals surface area contributed by atoms with E-state index in [0.717, 1.165) is 18.2 Å². The number of halogens is 3. The number of β-amino-alcohol motifs (C(OH)–C–C–N with tert-alkyl or cyclic N) is 1. The van der Waals surface area contributed by atoms with Crippen LogP contribution < -0.4 is 5.32 Å². The summed E-state index contributed by atoms with van der Waals surface area (Å²) in [5, 5.41) is 23.7. The average molecular weight is 585 g/mol. The van der Waals surface area contributed by atoms with E-state index in [1.54, 1.807) is 0 Å². The van der Waals surface area contributed by atoms with Gasteiger partial charge in [-0.1, -0.05) is 18.5 Å². The van der Waals surface area contributed by atoms with E-state index in [0.29, 0.717) is 6.54 Å². The van der Waals surface area contributed by atoms with Crippen molar-refractivity contribution >= 4 is 39.1 Å². The molecular weight excluding hydrogens is 558 g/mol. The van der Waals surface area contributed by atoms with Crippen LogP contribution in [0.2, 0.25) is 5.02 Å². The Morgan fingerprint density at radius 3 is 2.51 bits per heavy atom. The molecule has 4 aliphatic rings. The molecule has 1 saturated heterocycles. The zero-order valence-corrected chi connectivity index (χ0v) is 22.4. The molecule has 2 aromatic carbocycles. The Kier molecular flexibility index (Phi) is 7.11. The minimum Gasteiger partial charge on any atom is -0.448 e. The molecule has 3 aliphatic carbocycles. The van der Waals surface area contributed by atoms with Gasteiger partial charge >= 0.3 is 6.09 Å². The van der Waals surface area contributed by atoms with Gasteiger partial charge in [-0.05, 0) is 60.9 Å². The molecule has 4 fully saturated rings. The third-order valence-electron chi connectivity index (χ3n) is 8.38. The summed E-state index contributed by atoms with van der Waals surface area (Å²) >= 11 is 6.25. The Labute approximate surface area is 228 Å². The topological polar surface area (TPSA) is 133 Å². The first kappa shape index (κ1) is 27.8. The number of anilines is 1. The van der Waals surface area contributed by atoms with Gasteiger partial charge in [0.15, 0.2) is 21.5 Å². The second kappa shape index (κ2) is 9.99. The Morgan fingerprint density at radius 1 is 1.21 bits per heavy atom. The van der Waals surface area contributed by atoms with E-state index in [9.17, 15) is 37.0 Å². The van der Waals surface area contributed by atoms with Crippen molar-refractivity contribution < 1.29 is 41.7 Å². The van der Waals surface area contributed by atoms with Crippen LogP contribution in [-0.4, -0.2) is 72.2 Å². The minimum atomic E-state index is -4.07. The molecule has 3 atom stereocenters. The maximum atomic E-state index is 13.7. The monoisotopic (exact) mass is 584 g/mol. The normalized spacial score (nSPS) is 29.0. The fourth-order valence-corrected chi connectivity index (χ4v) is 8.61. The van der Waals surface area contributed by atoms with Crippen LogP contribution in [-0.2, 0) is 14.6 Å². The second-order valence-electron chi connectivity index (χ2n) is 10.4. The molecule has 0 radical (unpaired) electrons. The predicted octanol–water partition coefficient (Wildman–Crippen LogP) is 3.23. The molecule has 1 heterocycles. The number of benzene rings is 2. The molecule has 2 aromatic rings. The van der Waals surface area contributed by atoms with Gasteiger partial charge in [-0.15, -0.1) is 0 Å². The zero-order valence-electron chi connectivity index (χ0n) is 20.8. The molecule has 3 saturated carbocycles. The van der Waals surface area contributed by atoms with Crippen LogP contribution in [0.1, 0.15) is 30.1 Å². The number of cyclic esters (lactones) is 1. The molecule has 2 bridgehead atoms. The number of nitrogens with one attached hydrogen (secondary N) is 1. The van der Waals surface area contributed by atoms with Crippen LogP contribution in [0.5, 0.6) is 0 Å². The van der Waals surface area contributed by atoms with Crippen molar-refractivity contribution in [1.29, 1.82) is 0 Å². The van der Waals surface area contributed by atoms with E-state index in [2.05, 4.69) is 5.32 Å². The summed E-state index contributed by atoms with van der Waals surface area (Å²) in [6.07, 6.45) is -1.73. The van der Waals surface area contributed by atoms with E-state index in [1.807, 2.05) is 6.92 Å². The molecule has 9 nitrogen and oxygen atoms in total. The molecule has 13 heteroatoms. The fraction of sp³-hybridized carbons (Fsp3) is 0.462. The molecular formula is C26H27ClF2N2O7S. The maximum Gasteiger partial charge on any atom is 0.410 e. The maximum absolute atomic E-state index is 13.7. The van der Waals surface area contributed by atoms with Gasteiger partial charge in [-0.25, -0.2) is 22.0 Å². The van der Waals surface area contributed by atoms with Gasteiger partial charge < -0.3 is 25.2 Å². The largest absolute Gasteiger partial charge is 0.448 e. The number of amides is 2. The lowest BCUT2D eigenvalue weighted by molar-refractivity contribution is -0.264. The molecule has 2 amide bonds. The van der Waals surface area contributed by atoms with Crippen molar-refractivity contribution in [3.05, 3.63) is 58.6 Å². The number of carbonyl (C=O) groups is 2. The number of ether oxygens (including phenoxy) is 1. The van der Waals surface area contributed by atoms with Crippen LogP contribution in [0.4, 0.5) is 19.3 Å². The van der Waals surface area contributed by atoms with Crippen molar-refractivity contribution in [2.75, 3.05) is 25.0 Å². The van der Waals surface area contributed by atoms with Gasteiger partial charge in [0.05, 0.1) is 33.9 Å². The molecule has 3 unspecified atom stereocenters. The van der Waals surface area contributed by atoms with Gasteiger partial charge in [0.2, 0.25) is 0 Å². The van der Waals surface area contributed by atoms with Crippen molar-refractivity contribution in [3.8, 4) is 0 Å². The van der Waals surface area contributed by atoms with E-state index in [1.165, 1.54) is 23.1 Å². The summed E-state index contributed by atoms with van der Waals surface area (Å²) in [5.74, 6) is -4.10. The standard InChI is InChI=1S/C26H27ClF2N2O7S/c1-13-17-10-16(11-18(13)26(17,35)23(32)12-31-6-7-38-25(31)34)39(36,37)22-8-14(2-4-19(22)27)24(33)30-15-3-5-20(28)21(29)9-15/h2-5,8-9,13,16-18,23,32,35H,6-7,10-12H2,1H3,(H,30,33). The van der Waals surface area contributed by atoms with E-state index in [-0.39, 0.29) is 53.1 Å². The highest BCUT2D eigenvalue weighted by Crippen LogP contribution is 2.60.